The summed E-state index contributed by atoms with van der Waals surface area (Å²) in [5, 5.41) is 8.93. The summed E-state index contributed by atoms with van der Waals surface area (Å²) in [4.78, 5) is 37.3. The van der Waals surface area contributed by atoms with E-state index in [0.717, 1.165) is 4.90 Å². The van der Waals surface area contributed by atoms with Gasteiger partial charge < -0.3 is 14.9 Å². The highest BCUT2D eigenvalue weighted by Gasteiger charge is 2.54. The van der Waals surface area contributed by atoms with Gasteiger partial charge in [-0.1, -0.05) is 0 Å². The van der Waals surface area contributed by atoms with Gasteiger partial charge in [-0.3, -0.25) is 14.4 Å². The van der Waals surface area contributed by atoms with E-state index in [1.165, 1.54) is 4.90 Å². The largest absolute Gasteiger partial charge is 0.481 e. The number of nitrogens with zero attached hydrogens (tertiary/aromatic N) is 2. The molecule has 2 saturated heterocycles. The second kappa shape index (κ2) is 5.77. The molecule has 1 unspecified atom stereocenters. The number of hydrogen-bond donors (Lipinski definition) is 1. The van der Waals surface area contributed by atoms with Gasteiger partial charge in [0.1, 0.15) is 0 Å². The highest BCUT2D eigenvalue weighted by Crippen LogP contribution is 2.38. The van der Waals surface area contributed by atoms with Crippen LogP contribution in [0.5, 0.6) is 0 Å². The molecule has 2 fully saturated rings. The van der Waals surface area contributed by atoms with E-state index >= 15 is 0 Å². The molecule has 0 aromatic carbocycles. The zero-order valence-corrected chi connectivity index (χ0v) is 12.0. The molecule has 0 aromatic rings. The first-order valence-electron chi connectivity index (χ1n) is 6.93. The molecule has 0 saturated carbocycles. The van der Waals surface area contributed by atoms with Gasteiger partial charge in [0.25, 0.3) is 0 Å². The highest BCUT2D eigenvalue weighted by molar-refractivity contribution is 5.87. The van der Waals surface area contributed by atoms with Gasteiger partial charge in [-0.2, -0.15) is 13.2 Å². The third kappa shape index (κ3) is 3.17. The Morgan fingerprint density at radius 1 is 1.27 bits per heavy atom. The average Bonchev–Trinajstić information content (AvgIpc) is 2.86. The Balaban J connectivity index is 2.08. The molecule has 0 aromatic heterocycles. The van der Waals surface area contributed by atoms with E-state index in [9.17, 15) is 27.6 Å². The van der Waals surface area contributed by atoms with Crippen LogP contribution in [0.15, 0.2) is 0 Å². The van der Waals surface area contributed by atoms with Crippen molar-refractivity contribution >= 4 is 17.8 Å². The maximum atomic E-state index is 12.9. The van der Waals surface area contributed by atoms with Crippen molar-refractivity contribution in [3.05, 3.63) is 0 Å². The fraction of sp³-hybridized carbons (Fsp3) is 0.769. The molecule has 2 rings (SSSR count). The number of aliphatic carboxylic acids is 1. The third-order valence-corrected chi connectivity index (χ3v) is 4.38. The van der Waals surface area contributed by atoms with Gasteiger partial charge in [0.05, 0.1) is 11.8 Å². The number of amides is 2. The zero-order chi connectivity index (χ0) is 16.7. The summed E-state index contributed by atoms with van der Waals surface area (Å²) < 4.78 is 38.7. The fourth-order valence-corrected chi connectivity index (χ4v) is 2.98. The molecule has 0 bridgehead atoms. The van der Waals surface area contributed by atoms with Gasteiger partial charge in [-0.25, -0.2) is 0 Å². The summed E-state index contributed by atoms with van der Waals surface area (Å²) in [5.41, 5.74) is 0. The number of alkyl halides is 3. The lowest BCUT2D eigenvalue weighted by atomic mass is 9.95. The van der Waals surface area contributed by atoms with Crippen molar-refractivity contribution in [1.82, 2.24) is 9.80 Å². The molecule has 1 N–H and O–H groups in total. The zero-order valence-electron chi connectivity index (χ0n) is 12.0. The van der Waals surface area contributed by atoms with Crippen LogP contribution in [-0.4, -0.2) is 65.5 Å². The predicted molar refractivity (Wildman–Crippen MR) is 67.6 cm³/mol. The summed E-state index contributed by atoms with van der Waals surface area (Å²) in [7, 11) is 1.60. The minimum Gasteiger partial charge on any atom is -0.481 e. The smallest absolute Gasteiger partial charge is 0.394 e. The molecule has 0 aliphatic carbocycles. The van der Waals surface area contributed by atoms with Crippen LogP contribution in [0.2, 0.25) is 0 Å². The van der Waals surface area contributed by atoms with Crippen LogP contribution in [0.1, 0.15) is 12.8 Å². The first-order valence-corrected chi connectivity index (χ1v) is 6.93. The van der Waals surface area contributed by atoms with Crippen molar-refractivity contribution in [1.29, 1.82) is 0 Å². The number of rotatable bonds is 2. The second-order valence-electron chi connectivity index (χ2n) is 5.84. The van der Waals surface area contributed by atoms with Crippen LogP contribution in [0, 0.1) is 17.8 Å². The Labute approximate surface area is 124 Å². The minimum atomic E-state index is -4.67. The topological polar surface area (TPSA) is 77.9 Å². The van der Waals surface area contributed by atoms with Gasteiger partial charge in [-0.15, -0.1) is 0 Å². The molecule has 3 atom stereocenters. The summed E-state index contributed by atoms with van der Waals surface area (Å²) >= 11 is 0. The van der Waals surface area contributed by atoms with Gasteiger partial charge in [0.2, 0.25) is 11.8 Å². The second-order valence-corrected chi connectivity index (χ2v) is 5.84. The van der Waals surface area contributed by atoms with E-state index in [-0.39, 0.29) is 12.3 Å². The van der Waals surface area contributed by atoms with E-state index in [4.69, 9.17) is 5.11 Å². The minimum absolute atomic E-state index is 0.0414. The molecule has 0 radical (unpaired) electrons. The predicted octanol–water partition coefficient (Wildman–Crippen LogP) is 0.576. The Kier molecular flexibility index (Phi) is 4.35. The lowest BCUT2D eigenvalue weighted by Gasteiger charge is -2.30. The van der Waals surface area contributed by atoms with Gasteiger partial charge in [0.15, 0.2) is 0 Å². The number of likely N-dealkylation sites (tertiary alicyclic amines) is 2. The standard InChI is InChI=1S/C13H17F3N2O4/c1-17-3-2-7(4-10(17)19)11(20)18-5-8(12(21)22)9(6-18)13(14,15)16/h7-9H,2-6H2,1H3,(H,21,22)/t7?,8-,9-/m1/s1. The van der Waals surface area contributed by atoms with Gasteiger partial charge in [0, 0.05) is 39.0 Å². The number of carboxylic acid groups (broad SMARTS) is 1. The number of carboxylic acids is 1. The molecular weight excluding hydrogens is 305 g/mol. The SMILES string of the molecule is CN1CCC(C(=O)N2C[C@@H](C(F)(F)F)[C@H](C(=O)O)C2)CC1=O. The lowest BCUT2D eigenvalue weighted by molar-refractivity contribution is -0.188. The van der Waals surface area contributed by atoms with E-state index < -0.39 is 48.9 Å². The van der Waals surface area contributed by atoms with Crippen LogP contribution in [0.3, 0.4) is 0 Å². The Morgan fingerprint density at radius 2 is 1.91 bits per heavy atom. The first-order chi connectivity index (χ1) is 10.1. The Hall–Kier alpha value is -1.80. The fourth-order valence-electron chi connectivity index (χ4n) is 2.98. The molecule has 124 valence electrons. The van der Waals surface area contributed by atoms with Crippen LogP contribution in [-0.2, 0) is 14.4 Å². The number of piperidine rings is 1. The van der Waals surface area contributed by atoms with Crippen molar-refractivity contribution in [2.24, 2.45) is 17.8 Å². The molecule has 22 heavy (non-hydrogen) atoms. The number of carbonyl (C=O) groups is 3. The van der Waals surface area contributed by atoms with Crippen LogP contribution < -0.4 is 0 Å². The van der Waals surface area contributed by atoms with Crippen molar-refractivity contribution in [3.63, 3.8) is 0 Å². The van der Waals surface area contributed by atoms with Crippen molar-refractivity contribution in [3.8, 4) is 0 Å². The number of halogens is 3. The molecule has 2 aliphatic rings. The molecule has 6 nitrogen and oxygen atoms in total. The van der Waals surface area contributed by atoms with Crippen LogP contribution in [0.4, 0.5) is 13.2 Å². The molecule has 9 heteroatoms. The molecule has 2 amide bonds. The monoisotopic (exact) mass is 322 g/mol. The lowest BCUT2D eigenvalue weighted by Crippen LogP contribution is -2.43. The Morgan fingerprint density at radius 3 is 2.36 bits per heavy atom. The van der Waals surface area contributed by atoms with Crippen LogP contribution in [0.25, 0.3) is 0 Å². The summed E-state index contributed by atoms with van der Waals surface area (Å²) in [5.74, 6) is -6.71. The maximum Gasteiger partial charge on any atom is 0.394 e. The molecule has 2 heterocycles. The van der Waals surface area contributed by atoms with E-state index in [1.54, 1.807) is 7.05 Å². The maximum absolute atomic E-state index is 12.9. The van der Waals surface area contributed by atoms with E-state index in [1.807, 2.05) is 0 Å². The summed E-state index contributed by atoms with van der Waals surface area (Å²) in [6.07, 6.45) is -4.33. The van der Waals surface area contributed by atoms with E-state index in [0.29, 0.717) is 13.0 Å². The first kappa shape index (κ1) is 16.6. The normalized spacial score (nSPS) is 29.8. The van der Waals surface area contributed by atoms with Crippen molar-refractivity contribution in [2.75, 3.05) is 26.7 Å². The van der Waals surface area contributed by atoms with Crippen molar-refractivity contribution < 1.29 is 32.7 Å². The average molecular weight is 322 g/mol. The molecular formula is C13H17F3N2O4. The summed E-state index contributed by atoms with van der Waals surface area (Å²) in [6.45, 7) is -0.743. The van der Waals surface area contributed by atoms with Crippen molar-refractivity contribution in [2.45, 2.75) is 19.0 Å². The highest BCUT2D eigenvalue weighted by atomic mass is 19.4. The third-order valence-electron chi connectivity index (χ3n) is 4.38. The summed E-state index contributed by atoms with van der Waals surface area (Å²) in [6, 6.07) is 0. The van der Waals surface area contributed by atoms with Gasteiger partial charge in [-0.05, 0) is 6.42 Å². The molecule has 2 aliphatic heterocycles. The van der Waals surface area contributed by atoms with Gasteiger partial charge >= 0.3 is 12.1 Å². The molecule has 0 spiro atoms. The number of hydrogen-bond acceptors (Lipinski definition) is 3. The number of carbonyl (C=O) groups excluding carboxylic acids is 2. The quantitative estimate of drug-likeness (QED) is 0.806. The van der Waals surface area contributed by atoms with Crippen LogP contribution >= 0.6 is 0 Å². The van der Waals surface area contributed by atoms with E-state index in [2.05, 4.69) is 0 Å². The Bertz CT molecular complexity index is 494.